The van der Waals surface area contributed by atoms with Gasteiger partial charge in [-0.1, -0.05) is 25.8 Å². The molecule has 4 N–H and O–H groups in total. The fourth-order valence-electron chi connectivity index (χ4n) is 2.55. The molecule has 0 saturated carbocycles. The number of aromatic nitrogens is 2. The molecular weight excluding hydrogens is 412 g/mol. The number of likely N-dealkylation sites (N-methyl/N-ethyl adjacent to an activating group) is 1. The van der Waals surface area contributed by atoms with Crippen LogP contribution in [0, 0.1) is 12.3 Å². The molecule has 1 fully saturated rings. The van der Waals surface area contributed by atoms with Crippen LogP contribution in [0.3, 0.4) is 0 Å². The number of terminal acetylenes is 1. The Morgan fingerprint density at radius 3 is 2.44 bits per heavy atom. The van der Waals surface area contributed by atoms with Crippen LogP contribution in [0.25, 0.3) is 5.69 Å². The molecule has 10 nitrogen and oxygen atoms in total. The summed E-state index contributed by atoms with van der Waals surface area (Å²) in [5.74, 6) is 1.64. The number of carbonyl (C=O) groups excluding carboxylic acids is 3. The van der Waals surface area contributed by atoms with E-state index in [-0.39, 0.29) is 23.3 Å². The van der Waals surface area contributed by atoms with E-state index in [1.165, 1.54) is 20.7 Å². The highest BCUT2D eigenvalue weighted by molar-refractivity contribution is 6.01. The van der Waals surface area contributed by atoms with Gasteiger partial charge >= 0.3 is 6.03 Å². The Morgan fingerprint density at radius 1 is 1.34 bits per heavy atom. The molecule has 172 valence electrons. The highest BCUT2D eigenvalue weighted by Gasteiger charge is 2.26. The van der Waals surface area contributed by atoms with Gasteiger partial charge in [-0.15, -0.1) is 6.42 Å². The molecule has 0 aliphatic carbocycles. The minimum absolute atomic E-state index is 0.0266. The van der Waals surface area contributed by atoms with Crippen LogP contribution in [0.1, 0.15) is 36.3 Å². The van der Waals surface area contributed by atoms with Gasteiger partial charge in [0, 0.05) is 33.3 Å². The predicted molar refractivity (Wildman–Crippen MR) is 122 cm³/mol. The maximum atomic E-state index is 11.7. The van der Waals surface area contributed by atoms with Crippen molar-refractivity contribution in [2.24, 2.45) is 5.73 Å². The zero-order valence-corrected chi connectivity index (χ0v) is 19.0. The number of anilines is 1. The number of nitrogens with zero attached hydrogens (tertiary/aromatic N) is 4. The van der Waals surface area contributed by atoms with Crippen LogP contribution in [0.15, 0.2) is 30.5 Å². The van der Waals surface area contributed by atoms with E-state index < -0.39 is 12.0 Å². The lowest BCUT2D eigenvalue weighted by Crippen LogP contribution is -2.28. The van der Waals surface area contributed by atoms with Crippen LogP contribution in [0.5, 0.6) is 0 Å². The smallest absolute Gasteiger partial charge is 0.321 e. The molecule has 1 atom stereocenters. The SMILES string of the molecule is C#Cc1cccc(-n2cc(NC(=O)N(C)C)c(C(N)=O)n2)c1.CC.CN1CC[C@H](O)C1=O. The molecule has 1 aromatic carbocycles. The van der Waals surface area contributed by atoms with Crippen molar-refractivity contribution in [1.82, 2.24) is 19.6 Å². The molecule has 1 aliphatic rings. The normalized spacial score (nSPS) is 14.3. The van der Waals surface area contributed by atoms with Gasteiger partial charge in [0.15, 0.2) is 5.69 Å². The average Bonchev–Trinajstić information content (AvgIpc) is 3.34. The van der Waals surface area contributed by atoms with Crippen LogP contribution in [-0.2, 0) is 4.79 Å². The van der Waals surface area contributed by atoms with Gasteiger partial charge in [0.05, 0.1) is 17.6 Å². The summed E-state index contributed by atoms with van der Waals surface area (Å²) < 4.78 is 1.44. The Balaban J connectivity index is 0.000000427. The standard InChI is InChI=1S/C15H15N5O2.C5H9NO2.C2H6/c1-4-10-6-5-7-11(8-10)20-9-12(13(18-20)14(16)21)17-15(22)19(2)3;1-6-3-2-4(7)5(6)8;1-2/h1,5-9H,2-3H3,(H2,16,21)(H,17,22);4,7H,2-3H2,1H3;1-2H3/t;4-;/m.0./s1. The van der Waals surface area contributed by atoms with Crippen LogP contribution in [0.2, 0.25) is 0 Å². The third-order valence-electron chi connectivity index (χ3n) is 4.27. The van der Waals surface area contributed by atoms with Crippen LogP contribution in [0.4, 0.5) is 10.5 Å². The molecule has 32 heavy (non-hydrogen) atoms. The first kappa shape index (κ1) is 26.2. The fraction of sp³-hybridized carbons (Fsp3) is 0.364. The zero-order valence-electron chi connectivity index (χ0n) is 19.0. The lowest BCUT2D eigenvalue weighted by molar-refractivity contribution is -0.133. The third kappa shape index (κ3) is 6.85. The van der Waals surface area contributed by atoms with E-state index >= 15 is 0 Å². The second kappa shape index (κ2) is 12.1. The summed E-state index contributed by atoms with van der Waals surface area (Å²) in [6, 6.07) is 6.66. The van der Waals surface area contributed by atoms with E-state index in [1.807, 2.05) is 13.8 Å². The van der Waals surface area contributed by atoms with Crippen LogP contribution >= 0.6 is 0 Å². The maximum Gasteiger partial charge on any atom is 0.321 e. The summed E-state index contributed by atoms with van der Waals surface area (Å²) in [5.41, 5.74) is 6.84. The van der Waals surface area contributed by atoms with Gasteiger partial charge < -0.3 is 26.0 Å². The number of nitrogens with two attached hydrogens (primary N) is 1. The Bertz CT molecular complexity index is 981. The second-order valence-electron chi connectivity index (χ2n) is 6.78. The first-order valence-electron chi connectivity index (χ1n) is 10.0. The van der Waals surface area contributed by atoms with Gasteiger partial charge in [-0.25, -0.2) is 9.48 Å². The van der Waals surface area contributed by atoms with Crippen LogP contribution < -0.4 is 11.1 Å². The van der Waals surface area contributed by atoms with E-state index in [2.05, 4.69) is 16.3 Å². The topological polar surface area (TPSA) is 134 Å². The van der Waals surface area contributed by atoms with E-state index in [0.717, 1.165) is 0 Å². The minimum atomic E-state index is -0.735. The quantitative estimate of drug-likeness (QED) is 0.616. The first-order chi connectivity index (χ1) is 15.1. The molecule has 3 rings (SSSR count). The fourth-order valence-corrected chi connectivity index (χ4v) is 2.55. The largest absolute Gasteiger partial charge is 0.383 e. The minimum Gasteiger partial charge on any atom is -0.383 e. The van der Waals surface area contributed by atoms with Crippen molar-refractivity contribution in [3.8, 4) is 18.0 Å². The maximum absolute atomic E-state index is 11.7. The summed E-state index contributed by atoms with van der Waals surface area (Å²) in [4.78, 5) is 36.7. The van der Waals surface area contributed by atoms with E-state index in [4.69, 9.17) is 17.3 Å². The van der Waals surface area contributed by atoms with E-state index in [1.54, 1.807) is 45.4 Å². The number of aliphatic hydroxyl groups excluding tert-OH is 1. The van der Waals surface area contributed by atoms with Crippen molar-refractivity contribution in [3.05, 3.63) is 41.7 Å². The molecule has 0 spiro atoms. The van der Waals surface area contributed by atoms with Gasteiger partial charge in [-0.05, 0) is 24.6 Å². The van der Waals surface area contributed by atoms with Crippen molar-refractivity contribution in [2.75, 3.05) is 33.0 Å². The number of hydrogen-bond acceptors (Lipinski definition) is 5. The second-order valence-corrected chi connectivity index (χ2v) is 6.78. The Morgan fingerprint density at radius 2 is 2.00 bits per heavy atom. The Hall–Kier alpha value is -3.84. The van der Waals surface area contributed by atoms with Crippen molar-refractivity contribution < 1.29 is 19.5 Å². The Labute approximate surface area is 188 Å². The number of likely N-dealkylation sites (tertiary alicyclic amines) is 1. The summed E-state index contributed by atoms with van der Waals surface area (Å²) in [5, 5.41) is 15.5. The molecule has 4 amide bonds. The molecule has 1 saturated heterocycles. The van der Waals surface area contributed by atoms with Crippen molar-refractivity contribution in [2.45, 2.75) is 26.4 Å². The number of urea groups is 1. The number of hydrogen-bond donors (Lipinski definition) is 3. The molecule has 0 bridgehead atoms. The first-order valence-corrected chi connectivity index (χ1v) is 10.0. The van der Waals surface area contributed by atoms with Crippen molar-refractivity contribution >= 4 is 23.5 Å². The molecule has 2 aromatic rings. The third-order valence-corrected chi connectivity index (χ3v) is 4.27. The number of aliphatic hydroxyl groups is 1. The highest BCUT2D eigenvalue weighted by atomic mass is 16.3. The van der Waals surface area contributed by atoms with Gasteiger partial charge in [0.1, 0.15) is 6.10 Å². The molecule has 10 heteroatoms. The lowest BCUT2D eigenvalue weighted by Gasteiger charge is -2.10. The molecular formula is C22H30N6O4. The number of carbonyl (C=O) groups is 3. The monoisotopic (exact) mass is 442 g/mol. The number of amides is 4. The predicted octanol–water partition coefficient (Wildman–Crippen LogP) is 1.28. The van der Waals surface area contributed by atoms with Crippen molar-refractivity contribution in [3.63, 3.8) is 0 Å². The molecule has 1 aliphatic heterocycles. The lowest BCUT2D eigenvalue weighted by atomic mass is 10.2. The zero-order chi connectivity index (χ0) is 24.4. The average molecular weight is 443 g/mol. The number of primary amides is 1. The number of benzene rings is 1. The Kier molecular flexibility index (Phi) is 9.92. The number of nitrogens with one attached hydrogen (secondary N) is 1. The van der Waals surface area contributed by atoms with Gasteiger partial charge in [-0.2, -0.15) is 5.10 Å². The summed E-state index contributed by atoms with van der Waals surface area (Å²) in [6.07, 6.45) is 6.74. The van der Waals surface area contributed by atoms with Gasteiger partial charge in [0.25, 0.3) is 11.8 Å². The molecule has 0 unspecified atom stereocenters. The highest BCUT2D eigenvalue weighted by Crippen LogP contribution is 2.18. The summed E-state index contributed by atoms with van der Waals surface area (Å²) in [7, 11) is 4.86. The number of rotatable bonds is 3. The molecule has 2 heterocycles. The summed E-state index contributed by atoms with van der Waals surface area (Å²) >= 11 is 0. The van der Waals surface area contributed by atoms with Crippen LogP contribution in [-0.4, -0.2) is 76.3 Å². The molecule has 1 aromatic heterocycles. The molecule has 0 radical (unpaired) electrons. The van der Waals surface area contributed by atoms with E-state index in [0.29, 0.717) is 24.2 Å². The summed E-state index contributed by atoms with van der Waals surface area (Å²) in [6.45, 7) is 4.69. The van der Waals surface area contributed by atoms with Gasteiger partial charge in [0.2, 0.25) is 0 Å². The van der Waals surface area contributed by atoms with E-state index in [9.17, 15) is 14.4 Å². The van der Waals surface area contributed by atoms with Gasteiger partial charge in [-0.3, -0.25) is 9.59 Å². The van der Waals surface area contributed by atoms with Crippen molar-refractivity contribution in [1.29, 1.82) is 0 Å².